The van der Waals surface area contributed by atoms with Gasteiger partial charge < -0.3 is 5.32 Å². The van der Waals surface area contributed by atoms with Crippen LogP contribution in [0.25, 0.3) is 0 Å². The number of nitrogens with two attached hydrogens (primary N) is 1. The van der Waals surface area contributed by atoms with Gasteiger partial charge in [-0.15, -0.1) is 0 Å². The number of nitrogens with one attached hydrogen (secondary N) is 2. The van der Waals surface area contributed by atoms with E-state index in [9.17, 15) is 4.79 Å². The highest BCUT2D eigenvalue weighted by molar-refractivity contribution is 9.10. The third kappa shape index (κ3) is 3.04. The first-order valence-corrected chi connectivity index (χ1v) is 4.51. The van der Waals surface area contributed by atoms with E-state index in [1.54, 1.807) is 0 Å². The molecule has 0 spiro atoms. The van der Waals surface area contributed by atoms with Gasteiger partial charge in [-0.2, -0.15) is 0 Å². The summed E-state index contributed by atoms with van der Waals surface area (Å²) in [5, 5.41) is 2.58. The first-order valence-electron chi connectivity index (χ1n) is 3.72. The van der Waals surface area contributed by atoms with Crippen molar-refractivity contribution in [2.75, 3.05) is 0 Å². The minimum absolute atomic E-state index is 0.393. The van der Waals surface area contributed by atoms with E-state index in [0.717, 1.165) is 10.0 Å². The standard InChI is InChI=1S/C8H10BrN3O/c9-7-4-2-1-3-6(7)5-11-8(13)12-10/h1-4H,5,10H2,(H2,11,12,13). The van der Waals surface area contributed by atoms with Gasteiger partial charge in [0.1, 0.15) is 0 Å². The normalized spacial score (nSPS) is 9.38. The Bertz CT molecular complexity index is 303. The second-order valence-electron chi connectivity index (χ2n) is 2.42. The van der Waals surface area contributed by atoms with Gasteiger partial charge >= 0.3 is 6.03 Å². The van der Waals surface area contributed by atoms with Gasteiger partial charge in [-0.25, -0.2) is 10.6 Å². The number of halogens is 1. The minimum Gasteiger partial charge on any atom is -0.333 e. The van der Waals surface area contributed by atoms with Gasteiger partial charge in [-0.05, 0) is 11.6 Å². The van der Waals surface area contributed by atoms with Gasteiger partial charge in [-0.1, -0.05) is 34.1 Å². The molecule has 1 aromatic rings. The maximum Gasteiger partial charge on any atom is 0.329 e. The smallest absolute Gasteiger partial charge is 0.329 e. The molecule has 1 rings (SSSR count). The fraction of sp³-hybridized carbons (Fsp3) is 0.125. The molecule has 0 aliphatic carbocycles. The predicted octanol–water partition coefficient (Wildman–Crippen LogP) is 1.12. The van der Waals surface area contributed by atoms with Crippen LogP contribution in [0.5, 0.6) is 0 Å². The first-order chi connectivity index (χ1) is 6.24. The van der Waals surface area contributed by atoms with E-state index in [2.05, 4.69) is 21.2 Å². The van der Waals surface area contributed by atoms with Crippen LogP contribution in [0.15, 0.2) is 28.7 Å². The number of urea groups is 1. The molecule has 0 bridgehead atoms. The quantitative estimate of drug-likeness (QED) is 0.414. The summed E-state index contributed by atoms with van der Waals surface area (Å²) in [6, 6.07) is 7.26. The van der Waals surface area contributed by atoms with E-state index in [4.69, 9.17) is 5.84 Å². The highest BCUT2D eigenvalue weighted by Crippen LogP contribution is 2.14. The molecule has 4 nitrogen and oxygen atoms in total. The number of carbonyl (C=O) groups excluding carboxylic acids is 1. The average Bonchev–Trinajstić information content (AvgIpc) is 2.16. The number of rotatable bonds is 2. The van der Waals surface area contributed by atoms with Crippen molar-refractivity contribution in [1.29, 1.82) is 0 Å². The van der Waals surface area contributed by atoms with Crippen molar-refractivity contribution in [2.45, 2.75) is 6.54 Å². The van der Waals surface area contributed by atoms with Gasteiger partial charge in [0, 0.05) is 11.0 Å². The number of hydrogen-bond donors (Lipinski definition) is 3. The zero-order valence-corrected chi connectivity index (χ0v) is 8.47. The maximum absolute atomic E-state index is 10.7. The molecule has 0 radical (unpaired) electrons. The third-order valence-corrected chi connectivity index (χ3v) is 2.30. The second kappa shape index (κ2) is 4.84. The lowest BCUT2D eigenvalue weighted by Crippen LogP contribution is -2.39. The molecule has 0 heterocycles. The number of amides is 2. The second-order valence-corrected chi connectivity index (χ2v) is 3.27. The molecule has 0 aromatic heterocycles. The van der Waals surface area contributed by atoms with Crippen LogP contribution in [-0.2, 0) is 6.54 Å². The third-order valence-electron chi connectivity index (χ3n) is 1.53. The Labute approximate surface area is 84.6 Å². The summed E-state index contributed by atoms with van der Waals surface area (Å²) in [6.07, 6.45) is 0. The molecule has 1 aromatic carbocycles. The Morgan fingerprint density at radius 2 is 2.15 bits per heavy atom. The SMILES string of the molecule is NNC(=O)NCc1ccccc1Br. The molecule has 70 valence electrons. The Morgan fingerprint density at radius 3 is 2.77 bits per heavy atom. The highest BCUT2D eigenvalue weighted by Gasteiger charge is 1.99. The van der Waals surface area contributed by atoms with Crippen molar-refractivity contribution >= 4 is 22.0 Å². The molecule has 13 heavy (non-hydrogen) atoms. The zero-order valence-electron chi connectivity index (χ0n) is 6.88. The molecule has 0 aliphatic heterocycles. The monoisotopic (exact) mass is 243 g/mol. The van der Waals surface area contributed by atoms with Crippen molar-refractivity contribution < 1.29 is 4.79 Å². The summed E-state index contributed by atoms with van der Waals surface area (Å²) in [5.74, 6) is 4.90. The van der Waals surface area contributed by atoms with Gasteiger partial charge in [0.15, 0.2) is 0 Å². The summed E-state index contributed by atoms with van der Waals surface area (Å²) in [7, 11) is 0. The lowest BCUT2D eigenvalue weighted by molar-refractivity contribution is 0.241. The van der Waals surface area contributed by atoms with Gasteiger partial charge in [0.2, 0.25) is 0 Å². The molecule has 2 amide bonds. The lowest BCUT2D eigenvalue weighted by Gasteiger charge is -2.05. The van der Waals surface area contributed by atoms with E-state index in [1.165, 1.54) is 0 Å². The largest absolute Gasteiger partial charge is 0.333 e. The van der Waals surface area contributed by atoms with Gasteiger partial charge in [0.05, 0.1) is 0 Å². The van der Waals surface area contributed by atoms with Gasteiger partial charge in [-0.3, -0.25) is 5.43 Å². The molecule has 0 saturated heterocycles. The minimum atomic E-state index is -0.393. The van der Waals surface area contributed by atoms with Crippen molar-refractivity contribution in [3.8, 4) is 0 Å². The topological polar surface area (TPSA) is 67.1 Å². The molecule has 5 heteroatoms. The molecule has 0 atom stereocenters. The number of hydrazine groups is 1. The van der Waals surface area contributed by atoms with Crippen molar-refractivity contribution in [1.82, 2.24) is 10.7 Å². The molecule has 0 aliphatic rings. The van der Waals surface area contributed by atoms with Crippen LogP contribution in [0.3, 0.4) is 0 Å². The molecule has 4 N–H and O–H groups in total. The molecular weight excluding hydrogens is 234 g/mol. The van der Waals surface area contributed by atoms with Crippen molar-refractivity contribution in [3.63, 3.8) is 0 Å². The van der Waals surface area contributed by atoms with Crippen LogP contribution < -0.4 is 16.6 Å². The van der Waals surface area contributed by atoms with Crippen LogP contribution in [0, 0.1) is 0 Å². The summed E-state index contributed by atoms with van der Waals surface area (Å²) >= 11 is 3.37. The van der Waals surface area contributed by atoms with Crippen molar-refractivity contribution in [3.05, 3.63) is 34.3 Å². The Balaban J connectivity index is 2.54. The first kappa shape index (κ1) is 10.0. The highest BCUT2D eigenvalue weighted by atomic mass is 79.9. The Hall–Kier alpha value is -1.07. The van der Waals surface area contributed by atoms with E-state index in [0.29, 0.717) is 6.54 Å². The van der Waals surface area contributed by atoms with E-state index in [-0.39, 0.29) is 0 Å². The number of carbonyl (C=O) groups is 1. The molecule has 0 saturated carbocycles. The zero-order chi connectivity index (χ0) is 9.68. The molecule has 0 fully saturated rings. The van der Waals surface area contributed by atoms with Crippen LogP contribution in [-0.4, -0.2) is 6.03 Å². The van der Waals surface area contributed by atoms with Crippen LogP contribution in [0.4, 0.5) is 4.79 Å². The van der Waals surface area contributed by atoms with Crippen LogP contribution in [0.1, 0.15) is 5.56 Å². The Kier molecular flexibility index (Phi) is 3.72. The number of benzene rings is 1. The fourth-order valence-corrected chi connectivity index (χ4v) is 1.29. The summed E-state index contributed by atoms with van der Waals surface area (Å²) in [6.45, 7) is 0.449. The molecule has 0 unspecified atom stereocenters. The predicted molar refractivity (Wildman–Crippen MR) is 53.7 cm³/mol. The number of hydrogen-bond acceptors (Lipinski definition) is 2. The van der Waals surface area contributed by atoms with E-state index < -0.39 is 6.03 Å². The summed E-state index contributed by atoms with van der Waals surface area (Å²) in [4.78, 5) is 10.7. The van der Waals surface area contributed by atoms with E-state index in [1.807, 2.05) is 29.7 Å². The van der Waals surface area contributed by atoms with Crippen LogP contribution in [0.2, 0.25) is 0 Å². The Morgan fingerprint density at radius 1 is 1.46 bits per heavy atom. The fourth-order valence-electron chi connectivity index (χ4n) is 0.868. The van der Waals surface area contributed by atoms with Crippen LogP contribution >= 0.6 is 15.9 Å². The molecular formula is C8H10BrN3O. The van der Waals surface area contributed by atoms with Gasteiger partial charge in [0.25, 0.3) is 0 Å². The lowest BCUT2D eigenvalue weighted by atomic mass is 10.2. The summed E-state index contributed by atoms with van der Waals surface area (Å²) < 4.78 is 0.965. The maximum atomic E-state index is 10.7. The van der Waals surface area contributed by atoms with E-state index >= 15 is 0 Å². The summed E-state index contributed by atoms with van der Waals surface area (Å²) in [5.41, 5.74) is 2.99. The van der Waals surface area contributed by atoms with Crippen molar-refractivity contribution in [2.24, 2.45) is 5.84 Å². The average molecular weight is 244 g/mol.